The summed E-state index contributed by atoms with van der Waals surface area (Å²) >= 11 is 7.09. The maximum Gasteiger partial charge on any atom is 0.318 e. The zero-order valence-electron chi connectivity index (χ0n) is 15.7. The Balaban J connectivity index is 1.56. The molecule has 0 saturated carbocycles. The van der Waals surface area contributed by atoms with Gasteiger partial charge in [-0.1, -0.05) is 17.7 Å². The van der Waals surface area contributed by atoms with Crippen LogP contribution >= 0.6 is 23.4 Å². The predicted molar refractivity (Wildman–Crippen MR) is 116 cm³/mol. The summed E-state index contributed by atoms with van der Waals surface area (Å²) in [6.45, 7) is 3.09. The molecule has 4 rings (SSSR count). The number of nitrogens with zero attached hydrogens (tertiary/aromatic N) is 3. The second kappa shape index (κ2) is 7.46. The topological polar surface area (TPSA) is 90.8 Å². The van der Waals surface area contributed by atoms with Crippen LogP contribution in [0, 0.1) is 0 Å². The highest BCUT2D eigenvalue weighted by molar-refractivity contribution is 8.05. The third kappa shape index (κ3) is 3.39. The molecule has 10 heteroatoms. The fourth-order valence-corrected chi connectivity index (χ4v) is 7.41. The first kappa shape index (κ1) is 20.5. The molecule has 1 N–H and O–H groups in total. The lowest BCUT2D eigenvalue weighted by Crippen LogP contribution is -2.57. The van der Waals surface area contributed by atoms with Gasteiger partial charge in [0, 0.05) is 48.5 Å². The Hall–Kier alpha value is -1.81. The average molecular weight is 454 g/mol. The SMILES string of the molecule is CC1(S(=O)(=O)N2CCN(c3ccnc4cc(Cl)ccc34)CC2)C=CSC1C(=O)O. The molecule has 1 aromatic carbocycles. The number of halogens is 1. The van der Waals surface area contributed by atoms with Crippen molar-refractivity contribution in [3.8, 4) is 0 Å². The lowest BCUT2D eigenvalue weighted by Gasteiger charge is -2.39. The Morgan fingerprint density at radius 1 is 1.28 bits per heavy atom. The lowest BCUT2D eigenvalue weighted by molar-refractivity contribution is -0.136. The van der Waals surface area contributed by atoms with Crippen LogP contribution < -0.4 is 4.90 Å². The Labute approximate surface area is 178 Å². The smallest absolute Gasteiger partial charge is 0.318 e. The lowest BCUT2D eigenvalue weighted by atomic mass is 10.1. The first-order chi connectivity index (χ1) is 13.7. The van der Waals surface area contributed by atoms with Gasteiger partial charge in [0.2, 0.25) is 10.0 Å². The van der Waals surface area contributed by atoms with Crippen LogP contribution in [-0.2, 0) is 14.8 Å². The van der Waals surface area contributed by atoms with E-state index in [0.717, 1.165) is 28.4 Å². The molecule has 0 aliphatic carbocycles. The van der Waals surface area contributed by atoms with Crippen molar-refractivity contribution in [3.63, 3.8) is 0 Å². The van der Waals surface area contributed by atoms with E-state index in [1.165, 1.54) is 17.3 Å². The molecule has 29 heavy (non-hydrogen) atoms. The van der Waals surface area contributed by atoms with Crippen molar-refractivity contribution >= 4 is 55.9 Å². The van der Waals surface area contributed by atoms with Crippen molar-refractivity contribution < 1.29 is 18.3 Å². The molecular weight excluding hydrogens is 434 g/mol. The van der Waals surface area contributed by atoms with Crippen LogP contribution in [0.1, 0.15) is 6.92 Å². The fourth-order valence-electron chi connectivity index (χ4n) is 3.83. The van der Waals surface area contributed by atoms with E-state index in [1.807, 2.05) is 18.2 Å². The van der Waals surface area contributed by atoms with Gasteiger partial charge >= 0.3 is 5.97 Å². The largest absolute Gasteiger partial charge is 0.480 e. The first-order valence-corrected chi connectivity index (χ1v) is 11.8. The quantitative estimate of drug-likeness (QED) is 0.761. The number of carboxylic acid groups (broad SMARTS) is 1. The molecule has 0 spiro atoms. The van der Waals surface area contributed by atoms with Gasteiger partial charge in [0.15, 0.2) is 0 Å². The van der Waals surface area contributed by atoms with Gasteiger partial charge in [0.05, 0.1) is 5.52 Å². The van der Waals surface area contributed by atoms with Gasteiger partial charge in [0.1, 0.15) is 10.00 Å². The van der Waals surface area contributed by atoms with Crippen molar-refractivity contribution in [2.24, 2.45) is 0 Å². The van der Waals surface area contributed by atoms with Gasteiger partial charge in [-0.05, 0) is 36.6 Å². The van der Waals surface area contributed by atoms with Crippen molar-refractivity contribution in [1.82, 2.24) is 9.29 Å². The molecule has 7 nitrogen and oxygen atoms in total. The second-order valence-corrected chi connectivity index (χ2v) is 11.0. The van der Waals surface area contributed by atoms with E-state index in [2.05, 4.69) is 9.88 Å². The van der Waals surface area contributed by atoms with E-state index < -0.39 is 26.0 Å². The van der Waals surface area contributed by atoms with Gasteiger partial charge in [-0.25, -0.2) is 8.42 Å². The Morgan fingerprint density at radius 3 is 2.69 bits per heavy atom. The summed E-state index contributed by atoms with van der Waals surface area (Å²) in [4.78, 5) is 18.0. The number of rotatable bonds is 4. The number of hydrogen-bond acceptors (Lipinski definition) is 6. The number of thioether (sulfide) groups is 1. The Kier molecular flexibility index (Phi) is 5.27. The number of carboxylic acids is 1. The molecule has 1 aromatic heterocycles. The minimum absolute atomic E-state index is 0.292. The number of hydrogen-bond donors (Lipinski definition) is 1. The number of sulfonamides is 1. The predicted octanol–water partition coefficient (Wildman–Crippen LogP) is 2.81. The third-order valence-corrected chi connectivity index (χ3v) is 9.68. The summed E-state index contributed by atoms with van der Waals surface area (Å²) in [5.41, 5.74) is 1.77. The van der Waals surface area contributed by atoms with E-state index in [-0.39, 0.29) is 0 Å². The van der Waals surface area contributed by atoms with Gasteiger partial charge in [-0.3, -0.25) is 9.78 Å². The summed E-state index contributed by atoms with van der Waals surface area (Å²) < 4.78 is 26.5. The zero-order chi connectivity index (χ0) is 20.8. The van der Waals surface area contributed by atoms with E-state index in [0.29, 0.717) is 31.2 Å². The highest BCUT2D eigenvalue weighted by atomic mass is 35.5. The van der Waals surface area contributed by atoms with Crippen LogP contribution in [0.2, 0.25) is 5.02 Å². The van der Waals surface area contributed by atoms with Gasteiger partial charge in [-0.2, -0.15) is 4.31 Å². The molecule has 3 heterocycles. The first-order valence-electron chi connectivity index (χ1n) is 9.09. The summed E-state index contributed by atoms with van der Waals surface area (Å²) in [5, 5.41) is 11.6. The molecule has 2 unspecified atom stereocenters. The third-order valence-electron chi connectivity index (χ3n) is 5.52. The maximum atomic E-state index is 13.3. The van der Waals surface area contributed by atoms with Crippen LogP contribution in [0.3, 0.4) is 0 Å². The highest BCUT2D eigenvalue weighted by Gasteiger charge is 2.53. The van der Waals surface area contributed by atoms with Gasteiger partial charge in [0.25, 0.3) is 0 Å². The molecule has 2 atom stereocenters. The maximum absolute atomic E-state index is 13.3. The number of aliphatic carboxylic acids is 1. The minimum atomic E-state index is -3.82. The number of piperazine rings is 1. The molecule has 154 valence electrons. The second-order valence-electron chi connectivity index (χ2n) is 7.22. The molecule has 2 aromatic rings. The normalized spacial score (nSPS) is 25.6. The van der Waals surface area contributed by atoms with Crippen LogP contribution in [0.15, 0.2) is 41.9 Å². The Morgan fingerprint density at radius 2 is 2.00 bits per heavy atom. The zero-order valence-corrected chi connectivity index (χ0v) is 18.0. The van der Waals surface area contributed by atoms with Crippen molar-refractivity contribution in [1.29, 1.82) is 0 Å². The molecule has 0 amide bonds. The molecule has 1 saturated heterocycles. The molecule has 1 fully saturated rings. The van der Waals surface area contributed by atoms with Crippen LogP contribution in [0.4, 0.5) is 5.69 Å². The standard InChI is InChI=1S/C19H20ClN3O4S2/c1-19(5-11-28-17(19)18(24)25)29(26,27)23-9-7-22(8-10-23)16-4-6-21-15-12-13(20)2-3-14(15)16/h2-6,11-12,17H,7-10H2,1H3,(H,24,25). The number of fused-ring (bicyclic) bond motifs is 1. The van der Waals surface area contributed by atoms with Crippen molar-refractivity contribution in [2.75, 3.05) is 31.1 Å². The summed E-state index contributed by atoms with van der Waals surface area (Å²) in [7, 11) is -3.82. The van der Waals surface area contributed by atoms with Gasteiger partial charge < -0.3 is 10.0 Å². The van der Waals surface area contributed by atoms with E-state index in [4.69, 9.17) is 11.6 Å². The van der Waals surface area contributed by atoms with Gasteiger partial charge in [-0.15, -0.1) is 11.8 Å². The van der Waals surface area contributed by atoms with Crippen LogP contribution in [0.25, 0.3) is 10.9 Å². The van der Waals surface area contributed by atoms with E-state index in [1.54, 1.807) is 17.7 Å². The monoisotopic (exact) mass is 453 g/mol. The molecule has 2 aliphatic heterocycles. The van der Waals surface area contributed by atoms with E-state index in [9.17, 15) is 18.3 Å². The summed E-state index contributed by atoms with van der Waals surface area (Å²) in [6.07, 6.45) is 3.22. The van der Waals surface area contributed by atoms with Crippen LogP contribution in [0.5, 0.6) is 0 Å². The van der Waals surface area contributed by atoms with Crippen molar-refractivity contribution in [3.05, 3.63) is 47.0 Å². The number of aromatic nitrogens is 1. The molecule has 0 bridgehead atoms. The fraction of sp³-hybridized carbons (Fsp3) is 0.368. The molecule has 2 aliphatic rings. The minimum Gasteiger partial charge on any atom is -0.480 e. The number of anilines is 1. The van der Waals surface area contributed by atoms with Crippen molar-refractivity contribution in [2.45, 2.75) is 16.9 Å². The highest BCUT2D eigenvalue weighted by Crippen LogP contribution is 2.41. The average Bonchev–Trinajstić information content (AvgIpc) is 3.11. The summed E-state index contributed by atoms with van der Waals surface area (Å²) in [5.74, 6) is -1.12. The van der Waals surface area contributed by atoms with Crippen LogP contribution in [-0.4, -0.2) is 65.0 Å². The number of benzene rings is 1. The molecular formula is C19H20ClN3O4S2. The number of pyridine rings is 1. The number of carbonyl (C=O) groups is 1. The Bertz CT molecular complexity index is 1100. The van der Waals surface area contributed by atoms with E-state index >= 15 is 0 Å². The molecule has 0 radical (unpaired) electrons. The summed E-state index contributed by atoms with van der Waals surface area (Å²) in [6, 6.07) is 7.45.